The van der Waals surface area contributed by atoms with Crippen LogP contribution in [0.2, 0.25) is 0 Å². The zero-order chi connectivity index (χ0) is 12.7. The van der Waals surface area contributed by atoms with Crippen LogP contribution in [0, 0.1) is 6.92 Å². The standard InChI is InChI=1S/C15H25NO/c1-12(2)17-11-15(16-4)9-8-14-7-5-6-13(3)10-14/h5-7,10,12,15-16H,8-9,11H2,1-4H3. The lowest BCUT2D eigenvalue weighted by atomic mass is 10.0. The largest absolute Gasteiger partial charge is 0.377 e. The number of aryl methyl sites for hydroxylation is 2. The molecule has 1 aromatic rings. The van der Waals surface area contributed by atoms with E-state index in [2.05, 4.69) is 50.4 Å². The van der Waals surface area contributed by atoms with Gasteiger partial charge < -0.3 is 10.1 Å². The minimum absolute atomic E-state index is 0.310. The SMILES string of the molecule is CNC(CCc1cccc(C)c1)COC(C)C. The first-order chi connectivity index (χ1) is 8.11. The van der Waals surface area contributed by atoms with Crippen molar-refractivity contribution < 1.29 is 4.74 Å². The molecule has 0 fully saturated rings. The summed E-state index contributed by atoms with van der Waals surface area (Å²) in [5, 5.41) is 3.32. The van der Waals surface area contributed by atoms with Crippen molar-refractivity contribution in [1.29, 1.82) is 0 Å². The number of ether oxygens (including phenoxy) is 1. The molecule has 2 nitrogen and oxygen atoms in total. The average molecular weight is 235 g/mol. The van der Waals surface area contributed by atoms with Gasteiger partial charge in [-0.3, -0.25) is 0 Å². The Morgan fingerprint density at radius 2 is 2.06 bits per heavy atom. The molecule has 96 valence electrons. The van der Waals surface area contributed by atoms with Crippen LogP contribution in [0.15, 0.2) is 24.3 Å². The molecule has 0 amide bonds. The van der Waals surface area contributed by atoms with Crippen molar-refractivity contribution in [1.82, 2.24) is 5.32 Å². The van der Waals surface area contributed by atoms with E-state index in [-0.39, 0.29) is 0 Å². The van der Waals surface area contributed by atoms with Gasteiger partial charge in [0, 0.05) is 6.04 Å². The van der Waals surface area contributed by atoms with Gasteiger partial charge in [-0.1, -0.05) is 29.8 Å². The molecule has 1 unspecified atom stereocenters. The van der Waals surface area contributed by atoms with Crippen molar-refractivity contribution in [2.75, 3.05) is 13.7 Å². The van der Waals surface area contributed by atoms with Gasteiger partial charge in [0.1, 0.15) is 0 Å². The topological polar surface area (TPSA) is 21.3 Å². The fourth-order valence-corrected chi connectivity index (χ4v) is 1.83. The number of likely N-dealkylation sites (N-methyl/N-ethyl adjacent to an activating group) is 1. The number of nitrogens with one attached hydrogen (secondary N) is 1. The second-order valence-corrected chi connectivity index (χ2v) is 4.90. The van der Waals surface area contributed by atoms with Gasteiger partial charge in [-0.05, 0) is 46.2 Å². The molecule has 1 N–H and O–H groups in total. The summed E-state index contributed by atoms with van der Waals surface area (Å²) in [5.74, 6) is 0. The Labute approximate surface area is 105 Å². The summed E-state index contributed by atoms with van der Waals surface area (Å²) in [6.07, 6.45) is 2.53. The maximum atomic E-state index is 5.64. The van der Waals surface area contributed by atoms with Gasteiger partial charge in [0.2, 0.25) is 0 Å². The van der Waals surface area contributed by atoms with Gasteiger partial charge in [-0.25, -0.2) is 0 Å². The molecule has 0 radical (unpaired) electrons. The molecular formula is C15H25NO. The highest BCUT2D eigenvalue weighted by atomic mass is 16.5. The van der Waals surface area contributed by atoms with Crippen molar-refractivity contribution in [3.63, 3.8) is 0 Å². The lowest BCUT2D eigenvalue weighted by Gasteiger charge is -2.18. The maximum Gasteiger partial charge on any atom is 0.0623 e. The van der Waals surface area contributed by atoms with Gasteiger partial charge in [-0.2, -0.15) is 0 Å². The van der Waals surface area contributed by atoms with Crippen LogP contribution < -0.4 is 5.32 Å². The highest BCUT2D eigenvalue weighted by Crippen LogP contribution is 2.08. The summed E-state index contributed by atoms with van der Waals surface area (Å²) in [5.41, 5.74) is 2.75. The minimum Gasteiger partial charge on any atom is -0.377 e. The first-order valence-electron chi connectivity index (χ1n) is 6.46. The summed E-state index contributed by atoms with van der Waals surface area (Å²) in [6.45, 7) is 7.08. The van der Waals surface area contributed by atoms with Gasteiger partial charge in [0.05, 0.1) is 12.7 Å². The zero-order valence-electron chi connectivity index (χ0n) is 11.5. The molecule has 17 heavy (non-hydrogen) atoms. The molecule has 0 aliphatic rings. The highest BCUT2D eigenvalue weighted by Gasteiger charge is 2.07. The van der Waals surface area contributed by atoms with Gasteiger partial charge >= 0.3 is 0 Å². The molecule has 0 aliphatic heterocycles. The van der Waals surface area contributed by atoms with Crippen molar-refractivity contribution in [3.05, 3.63) is 35.4 Å². The van der Waals surface area contributed by atoms with E-state index >= 15 is 0 Å². The zero-order valence-corrected chi connectivity index (χ0v) is 11.5. The monoisotopic (exact) mass is 235 g/mol. The third-order valence-corrected chi connectivity index (χ3v) is 2.90. The van der Waals surface area contributed by atoms with Gasteiger partial charge in [0.15, 0.2) is 0 Å². The van der Waals surface area contributed by atoms with Crippen molar-refractivity contribution >= 4 is 0 Å². The van der Waals surface area contributed by atoms with Crippen LogP contribution in [0.3, 0.4) is 0 Å². The van der Waals surface area contributed by atoms with Crippen LogP contribution in [0.1, 0.15) is 31.4 Å². The lowest BCUT2D eigenvalue weighted by Crippen LogP contribution is -2.32. The number of hydrogen-bond donors (Lipinski definition) is 1. The van der Waals surface area contributed by atoms with Crippen LogP contribution in [0.25, 0.3) is 0 Å². The Hall–Kier alpha value is -0.860. The summed E-state index contributed by atoms with van der Waals surface area (Å²) in [4.78, 5) is 0. The molecule has 0 bridgehead atoms. The third kappa shape index (κ3) is 5.85. The van der Waals surface area contributed by atoms with Crippen LogP contribution >= 0.6 is 0 Å². The highest BCUT2D eigenvalue weighted by molar-refractivity contribution is 5.22. The van der Waals surface area contributed by atoms with E-state index in [1.54, 1.807) is 0 Å². The van der Waals surface area contributed by atoms with Crippen LogP contribution in [0.5, 0.6) is 0 Å². The third-order valence-electron chi connectivity index (χ3n) is 2.90. The van der Waals surface area contributed by atoms with Crippen LogP contribution in [-0.2, 0) is 11.2 Å². The van der Waals surface area contributed by atoms with Crippen molar-refractivity contribution in [2.45, 2.75) is 45.8 Å². The summed E-state index contributed by atoms with van der Waals surface area (Å²) in [6, 6.07) is 9.17. The van der Waals surface area contributed by atoms with Crippen LogP contribution in [-0.4, -0.2) is 25.8 Å². The number of benzene rings is 1. The predicted octanol–water partition coefficient (Wildman–Crippen LogP) is 2.94. The van der Waals surface area contributed by atoms with Gasteiger partial charge in [-0.15, -0.1) is 0 Å². The van der Waals surface area contributed by atoms with E-state index < -0.39 is 0 Å². The molecule has 1 rings (SSSR count). The molecule has 0 saturated carbocycles. The smallest absolute Gasteiger partial charge is 0.0623 e. The summed E-state index contributed by atoms with van der Waals surface area (Å²) >= 11 is 0. The molecule has 0 heterocycles. The normalized spacial score (nSPS) is 13.0. The first kappa shape index (κ1) is 14.2. The fraction of sp³-hybridized carbons (Fsp3) is 0.600. The molecule has 1 aromatic carbocycles. The van der Waals surface area contributed by atoms with E-state index in [1.807, 2.05) is 7.05 Å². The fourth-order valence-electron chi connectivity index (χ4n) is 1.83. The van der Waals surface area contributed by atoms with Crippen LogP contribution in [0.4, 0.5) is 0 Å². The van der Waals surface area contributed by atoms with E-state index in [0.717, 1.165) is 19.4 Å². The molecule has 0 aliphatic carbocycles. The number of rotatable bonds is 7. The summed E-state index contributed by atoms with van der Waals surface area (Å²) in [7, 11) is 2.00. The Morgan fingerprint density at radius 1 is 1.29 bits per heavy atom. The van der Waals surface area contributed by atoms with Crippen molar-refractivity contribution in [3.8, 4) is 0 Å². The second-order valence-electron chi connectivity index (χ2n) is 4.90. The lowest BCUT2D eigenvalue weighted by molar-refractivity contribution is 0.0611. The molecule has 1 atom stereocenters. The Kier molecular flexibility index (Phi) is 6.23. The number of hydrogen-bond acceptors (Lipinski definition) is 2. The Balaban J connectivity index is 2.37. The first-order valence-corrected chi connectivity index (χ1v) is 6.46. The minimum atomic E-state index is 0.310. The quantitative estimate of drug-likeness (QED) is 0.784. The molecule has 0 spiro atoms. The van der Waals surface area contributed by atoms with E-state index in [1.165, 1.54) is 11.1 Å². The van der Waals surface area contributed by atoms with Gasteiger partial charge in [0.25, 0.3) is 0 Å². The molecule has 2 heteroatoms. The van der Waals surface area contributed by atoms with E-state index in [0.29, 0.717) is 12.1 Å². The molecular weight excluding hydrogens is 210 g/mol. The van der Waals surface area contributed by atoms with E-state index in [9.17, 15) is 0 Å². The second kappa shape index (κ2) is 7.46. The Bertz CT molecular complexity index is 322. The van der Waals surface area contributed by atoms with E-state index in [4.69, 9.17) is 4.74 Å². The molecule has 0 saturated heterocycles. The molecule has 0 aromatic heterocycles. The maximum absolute atomic E-state index is 5.64. The average Bonchev–Trinajstić information content (AvgIpc) is 2.29. The Morgan fingerprint density at radius 3 is 2.65 bits per heavy atom. The predicted molar refractivity (Wildman–Crippen MR) is 73.4 cm³/mol. The summed E-state index contributed by atoms with van der Waals surface area (Å²) < 4.78 is 5.64. The van der Waals surface area contributed by atoms with Crippen molar-refractivity contribution in [2.24, 2.45) is 0 Å².